The van der Waals surface area contributed by atoms with Crippen LogP contribution in [-0.2, 0) is 6.54 Å². The first kappa shape index (κ1) is 17.9. The van der Waals surface area contributed by atoms with Crippen molar-refractivity contribution in [2.75, 3.05) is 18.5 Å². The fraction of sp³-hybridized carbons (Fsp3) is 0.182. The lowest BCUT2D eigenvalue weighted by atomic mass is 10.1. The third-order valence-corrected chi connectivity index (χ3v) is 4.52. The fourth-order valence-electron chi connectivity index (χ4n) is 3.00. The summed E-state index contributed by atoms with van der Waals surface area (Å²) in [6.45, 7) is 3.42. The smallest absolute Gasteiger partial charge is 0.257 e. The molecule has 1 aliphatic rings. The predicted molar refractivity (Wildman–Crippen MR) is 106 cm³/mol. The number of hydrogen-bond acceptors (Lipinski definition) is 4. The summed E-state index contributed by atoms with van der Waals surface area (Å²) in [5.74, 6) is 0.971. The Balaban J connectivity index is 1.53. The normalized spacial score (nSPS) is 12.5. The largest absolute Gasteiger partial charge is 0.486 e. The molecule has 4 rings (SSSR count). The second kappa shape index (κ2) is 7.60. The van der Waals surface area contributed by atoms with Crippen LogP contribution in [0.4, 0.5) is 5.69 Å². The molecule has 28 heavy (non-hydrogen) atoms. The Kier molecular flexibility index (Phi) is 4.85. The molecule has 0 saturated heterocycles. The lowest BCUT2D eigenvalue weighted by Crippen LogP contribution is -2.22. The van der Waals surface area contributed by atoms with E-state index in [0.29, 0.717) is 42.5 Å². The van der Waals surface area contributed by atoms with Crippen LogP contribution in [0.2, 0.25) is 0 Å². The maximum atomic E-state index is 12.6. The number of nitrogens with one attached hydrogen (secondary N) is 1. The zero-order chi connectivity index (χ0) is 19.5. The highest BCUT2D eigenvalue weighted by Crippen LogP contribution is 2.32. The molecule has 1 N–H and O–H groups in total. The molecule has 0 aliphatic carbocycles. The summed E-state index contributed by atoms with van der Waals surface area (Å²) < 4.78 is 12.6. The molecule has 0 unspecified atom stereocenters. The molecule has 0 radical (unpaired) electrons. The minimum atomic E-state index is -0.297. The highest BCUT2D eigenvalue weighted by atomic mass is 16.6. The van der Waals surface area contributed by atoms with Crippen molar-refractivity contribution in [3.05, 3.63) is 87.8 Å². The summed E-state index contributed by atoms with van der Waals surface area (Å²) in [4.78, 5) is 24.8. The van der Waals surface area contributed by atoms with Gasteiger partial charge in [0.05, 0.1) is 12.1 Å². The van der Waals surface area contributed by atoms with Gasteiger partial charge in [-0.05, 0) is 30.7 Å². The maximum Gasteiger partial charge on any atom is 0.257 e. The number of hydrogen-bond donors (Lipinski definition) is 1. The predicted octanol–water partition coefficient (Wildman–Crippen LogP) is 3.23. The minimum Gasteiger partial charge on any atom is -0.486 e. The monoisotopic (exact) mass is 376 g/mol. The van der Waals surface area contributed by atoms with E-state index in [-0.39, 0.29) is 11.5 Å². The lowest BCUT2D eigenvalue weighted by Gasteiger charge is -2.19. The molecule has 1 aliphatic heterocycles. The van der Waals surface area contributed by atoms with Crippen molar-refractivity contribution in [3.8, 4) is 11.5 Å². The number of ether oxygens (including phenoxy) is 2. The van der Waals surface area contributed by atoms with Crippen molar-refractivity contribution < 1.29 is 14.3 Å². The molecule has 0 saturated carbocycles. The van der Waals surface area contributed by atoms with Gasteiger partial charge >= 0.3 is 0 Å². The van der Waals surface area contributed by atoms with E-state index in [1.807, 2.05) is 31.2 Å². The number of carbonyl (C=O) groups excluding carboxylic acids is 1. The number of carbonyl (C=O) groups is 1. The van der Waals surface area contributed by atoms with E-state index in [9.17, 15) is 9.59 Å². The highest BCUT2D eigenvalue weighted by Gasteiger charge is 2.14. The molecule has 142 valence electrons. The number of rotatable bonds is 4. The van der Waals surface area contributed by atoms with Gasteiger partial charge in [0.25, 0.3) is 11.5 Å². The molecule has 0 fully saturated rings. The number of aromatic nitrogens is 1. The van der Waals surface area contributed by atoms with E-state index < -0.39 is 0 Å². The van der Waals surface area contributed by atoms with Gasteiger partial charge in [0.15, 0.2) is 11.5 Å². The molecule has 0 atom stereocenters. The molecule has 1 aromatic heterocycles. The molecule has 1 amide bonds. The minimum absolute atomic E-state index is 0.156. The third-order valence-electron chi connectivity index (χ3n) is 4.52. The summed E-state index contributed by atoms with van der Waals surface area (Å²) in [6.07, 6.45) is 1.58. The van der Waals surface area contributed by atoms with E-state index in [1.54, 1.807) is 24.4 Å². The van der Waals surface area contributed by atoms with E-state index >= 15 is 0 Å². The molecular weight excluding hydrogens is 356 g/mol. The van der Waals surface area contributed by atoms with Gasteiger partial charge < -0.3 is 19.4 Å². The molecule has 6 heteroatoms. The van der Waals surface area contributed by atoms with Gasteiger partial charge in [0.2, 0.25) is 0 Å². The Bertz CT molecular complexity index is 1070. The number of benzene rings is 2. The van der Waals surface area contributed by atoms with Gasteiger partial charge in [-0.3, -0.25) is 9.59 Å². The molecule has 2 heterocycles. The maximum absolute atomic E-state index is 12.6. The van der Waals surface area contributed by atoms with Crippen LogP contribution in [0.1, 0.15) is 21.5 Å². The van der Waals surface area contributed by atoms with Crippen LogP contribution in [0, 0.1) is 6.92 Å². The van der Waals surface area contributed by atoms with Crippen molar-refractivity contribution in [3.63, 3.8) is 0 Å². The first-order valence-electron chi connectivity index (χ1n) is 9.05. The summed E-state index contributed by atoms with van der Waals surface area (Å²) in [6, 6.07) is 16.1. The zero-order valence-corrected chi connectivity index (χ0v) is 15.5. The Morgan fingerprint density at radius 2 is 1.75 bits per heavy atom. The van der Waals surface area contributed by atoms with E-state index in [2.05, 4.69) is 5.32 Å². The Morgan fingerprint density at radius 1 is 1.00 bits per heavy atom. The van der Waals surface area contributed by atoms with Crippen LogP contribution >= 0.6 is 0 Å². The van der Waals surface area contributed by atoms with Crippen LogP contribution in [0.3, 0.4) is 0 Å². The van der Waals surface area contributed by atoms with Gasteiger partial charge in [0.1, 0.15) is 13.2 Å². The molecule has 2 aromatic carbocycles. The van der Waals surface area contributed by atoms with Crippen LogP contribution in [-0.4, -0.2) is 23.7 Å². The Morgan fingerprint density at radius 3 is 2.54 bits per heavy atom. The number of anilines is 1. The lowest BCUT2D eigenvalue weighted by molar-refractivity contribution is 0.102. The van der Waals surface area contributed by atoms with Crippen LogP contribution in [0.25, 0.3) is 0 Å². The summed E-state index contributed by atoms with van der Waals surface area (Å²) in [7, 11) is 0. The van der Waals surface area contributed by atoms with Crippen molar-refractivity contribution >= 4 is 11.6 Å². The number of aryl methyl sites for hydroxylation is 1. The molecule has 3 aromatic rings. The zero-order valence-electron chi connectivity index (χ0n) is 15.5. The van der Waals surface area contributed by atoms with Crippen LogP contribution in [0.5, 0.6) is 11.5 Å². The standard InChI is InChI=1S/C22H20N2O4/c1-15-2-4-16(5-3-15)13-24-14-17(6-9-21(24)25)22(26)23-18-7-8-19-20(12-18)28-11-10-27-19/h2-9,12,14H,10-11,13H2,1H3,(H,23,26). The molecule has 0 bridgehead atoms. The van der Waals surface area contributed by atoms with Gasteiger partial charge in [-0.2, -0.15) is 0 Å². The number of nitrogens with zero attached hydrogens (tertiary/aromatic N) is 1. The summed E-state index contributed by atoms with van der Waals surface area (Å²) in [5.41, 5.74) is 3.00. The van der Waals surface area contributed by atoms with Crippen LogP contribution in [0.15, 0.2) is 65.6 Å². The average Bonchev–Trinajstić information content (AvgIpc) is 2.71. The summed E-state index contributed by atoms with van der Waals surface area (Å²) >= 11 is 0. The molecular formula is C22H20N2O4. The highest BCUT2D eigenvalue weighted by molar-refractivity contribution is 6.04. The molecule has 0 spiro atoms. The van der Waals surface area contributed by atoms with Crippen molar-refractivity contribution in [1.29, 1.82) is 0 Å². The molecule has 6 nitrogen and oxygen atoms in total. The SMILES string of the molecule is Cc1ccc(Cn2cc(C(=O)Nc3ccc4c(c3)OCCO4)ccc2=O)cc1. The van der Waals surface area contributed by atoms with Gasteiger partial charge in [-0.25, -0.2) is 0 Å². The fourth-order valence-corrected chi connectivity index (χ4v) is 3.00. The summed E-state index contributed by atoms with van der Waals surface area (Å²) in [5, 5.41) is 2.84. The topological polar surface area (TPSA) is 69.6 Å². The van der Waals surface area contributed by atoms with Crippen molar-refractivity contribution in [2.24, 2.45) is 0 Å². The Labute approximate surface area is 162 Å². The first-order valence-corrected chi connectivity index (χ1v) is 9.05. The van der Waals surface area contributed by atoms with Crippen LogP contribution < -0.4 is 20.3 Å². The van der Waals surface area contributed by atoms with Crippen molar-refractivity contribution in [1.82, 2.24) is 4.57 Å². The second-order valence-corrected chi connectivity index (χ2v) is 6.68. The first-order chi connectivity index (χ1) is 13.6. The average molecular weight is 376 g/mol. The quantitative estimate of drug-likeness (QED) is 0.759. The number of amides is 1. The second-order valence-electron chi connectivity index (χ2n) is 6.68. The number of fused-ring (bicyclic) bond motifs is 1. The van der Waals surface area contributed by atoms with E-state index in [1.165, 1.54) is 16.7 Å². The Hall–Kier alpha value is -3.54. The van der Waals surface area contributed by atoms with Gasteiger partial charge in [-0.15, -0.1) is 0 Å². The van der Waals surface area contributed by atoms with Gasteiger partial charge in [0, 0.05) is 24.0 Å². The van der Waals surface area contributed by atoms with E-state index in [0.717, 1.165) is 11.1 Å². The third kappa shape index (κ3) is 3.91. The van der Waals surface area contributed by atoms with E-state index in [4.69, 9.17) is 9.47 Å². The van der Waals surface area contributed by atoms with Crippen molar-refractivity contribution in [2.45, 2.75) is 13.5 Å². The van der Waals surface area contributed by atoms with Gasteiger partial charge in [-0.1, -0.05) is 29.8 Å². The number of pyridine rings is 1.